The maximum absolute atomic E-state index is 12.6. The monoisotopic (exact) mass is 450 g/mol. The van der Waals surface area contributed by atoms with Gasteiger partial charge in [-0.05, 0) is 37.0 Å². The zero-order chi connectivity index (χ0) is 24.3. The Bertz CT molecular complexity index is 1050. The average molecular weight is 451 g/mol. The minimum absolute atomic E-state index is 0.00504. The summed E-state index contributed by atoms with van der Waals surface area (Å²) in [6, 6.07) is 14.2. The number of benzene rings is 2. The summed E-state index contributed by atoms with van der Waals surface area (Å²) in [7, 11) is 0. The average Bonchev–Trinajstić information content (AvgIpc) is 3.13. The number of aryl methyl sites for hydroxylation is 1. The highest BCUT2D eigenvalue weighted by atomic mass is 16.5. The molecule has 1 N–H and O–H groups in total. The number of amides is 2. The molecule has 2 aromatic rings. The molecule has 1 aliphatic heterocycles. The van der Waals surface area contributed by atoms with Gasteiger partial charge in [0.05, 0.1) is 12.5 Å². The molecule has 2 atom stereocenters. The molecule has 2 aromatic carbocycles. The van der Waals surface area contributed by atoms with Crippen LogP contribution in [0.1, 0.15) is 66.0 Å². The Labute approximate surface area is 194 Å². The highest BCUT2D eigenvalue weighted by molar-refractivity contribution is 6.00. The molecule has 1 aliphatic rings. The van der Waals surface area contributed by atoms with Crippen molar-refractivity contribution in [2.45, 2.75) is 52.6 Å². The number of esters is 1. The third-order valence-electron chi connectivity index (χ3n) is 5.71. The van der Waals surface area contributed by atoms with Gasteiger partial charge in [-0.25, -0.2) is 0 Å². The fourth-order valence-electron chi connectivity index (χ4n) is 3.56. The largest absolute Gasteiger partial charge is 0.454 e. The summed E-state index contributed by atoms with van der Waals surface area (Å²) in [5, 5.41) is 1.14. The van der Waals surface area contributed by atoms with E-state index >= 15 is 0 Å². The molecular weight excluding hydrogens is 420 g/mol. The Kier molecular flexibility index (Phi) is 7.01. The van der Waals surface area contributed by atoms with Crippen molar-refractivity contribution in [3.05, 3.63) is 70.8 Å². The predicted octanol–water partition coefficient (Wildman–Crippen LogP) is 3.60. The van der Waals surface area contributed by atoms with Crippen molar-refractivity contribution in [2.24, 2.45) is 5.92 Å². The van der Waals surface area contributed by atoms with Crippen molar-refractivity contribution >= 4 is 23.6 Å². The SMILES string of the molecule is Cc1ccc(C(=O)[C@H](C)OC(=O)[C@@H]2CC(=O)N(NC(=O)c3ccc(C(C)(C)C)cc3)C2)cc1. The lowest BCUT2D eigenvalue weighted by atomic mass is 9.87. The lowest BCUT2D eigenvalue weighted by Crippen LogP contribution is -2.43. The van der Waals surface area contributed by atoms with E-state index in [1.807, 2.05) is 31.2 Å². The highest BCUT2D eigenvalue weighted by Crippen LogP contribution is 2.23. The topological polar surface area (TPSA) is 92.8 Å². The maximum Gasteiger partial charge on any atom is 0.312 e. The summed E-state index contributed by atoms with van der Waals surface area (Å²) < 4.78 is 5.33. The smallest absolute Gasteiger partial charge is 0.312 e. The molecule has 1 heterocycles. The minimum atomic E-state index is -0.972. The summed E-state index contributed by atoms with van der Waals surface area (Å²) in [5.41, 5.74) is 5.51. The first-order chi connectivity index (χ1) is 15.5. The molecule has 0 unspecified atom stereocenters. The number of nitrogens with zero attached hydrogens (tertiary/aromatic N) is 1. The molecule has 0 aromatic heterocycles. The van der Waals surface area contributed by atoms with Gasteiger partial charge < -0.3 is 4.74 Å². The van der Waals surface area contributed by atoms with Crippen LogP contribution in [-0.2, 0) is 19.7 Å². The van der Waals surface area contributed by atoms with E-state index in [1.54, 1.807) is 24.3 Å². The molecule has 0 radical (unpaired) electrons. The van der Waals surface area contributed by atoms with E-state index in [-0.39, 0.29) is 30.1 Å². The van der Waals surface area contributed by atoms with Gasteiger partial charge in [-0.3, -0.25) is 29.6 Å². The van der Waals surface area contributed by atoms with Gasteiger partial charge >= 0.3 is 5.97 Å². The number of hydrogen-bond donors (Lipinski definition) is 1. The first-order valence-electron chi connectivity index (χ1n) is 11.0. The van der Waals surface area contributed by atoms with Crippen LogP contribution in [0.3, 0.4) is 0 Å². The predicted molar refractivity (Wildman–Crippen MR) is 123 cm³/mol. The summed E-state index contributed by atoms with van der Waals surface area (Å²) in [5.74, 6) is -2.51. The molecule has 0 aliphatic carbocycles. The molecule has 33 heavy (non-hydrogen) atoms. The van der Waals surface area contributed by atoms with Gasteiger partial charge in [0.25, 0.3) is 5.91 Å². The van der Waals surface area contributed by atoms with E-state index in [2.05, 4.69) is 26.2 Å². The highest BCUT2D eigenvalue weighted by Gasteiger charge is 2.37. The summed E-state index contributed by atoms with van der Waals surface area (Å²) in [6.45, 7) is 9.67. The Morgan fingerprint density at radius 2 is 1.58 bits per heavy atom. The normalized spacial score (nSPS) is 16.9. The molecule has 174 valence electrons. The van der Waals surface area contributed by atoms with Crippen molar-refractivity contribution in [1.82, 2.24) is 10.4 Å². The summed E-state index contributed by atoms with van der Waals surface area (Å²) in [4.78, 5) is 50.0. The fourth-order valence-corrected chi connectivity index (χ4v) is 3.56. The quantitative estimate of drug-likeness (QED) is 0.536. The van der Waals surface area contributed by atoms with Gasteiger partial charge in [0.2, 0.25) is 11.7 Å². The summed E-state index contributed by atoms with van der Waals surface area (Å²) >= 11 is 0. The number of ether oxygens (including phenoxy) is 1. The van der Waals surface area contributed by atoms with E-state index in [4.69, 9.17) is 4.74 Å². The Morgan fingerprint density at radius 3 is 2.15 bits per heavy atom. The van der Waals surface area contributed by atoms with E-state index < -0.39 is 23.9 Å². The number of carbonyl (C=O) groups is 4. The van der Waals surface area contributed by atoms with Crippen LogP contribution in [0.5, 0.6) is 0 Å². The molecule has 0 saturated carbocycles. The van der Waals surface area contributed by atoms with Crippen LogP contribution < -0.4 is 5.43 Å². The number of nitrogens with one attached hydrogen (secondary N) is 1. The van der Waals surface area contributed by atoms with Crippen LogP contribution in [0.25, 0.3) is 0 Å². The number of rotatable bonds is 6. The number of carbonyl (C=O) groups excluding carboxylic acids is 4. The van der Waals surface area contributed by atoms with Gasteiger partial charge in [-0.1, -0.05) is 62.7 Å². The molecule has 1 fully saturated rings. The van der Waals surface area contributed by atoms with Crippen LogP contribution >= 0.6 is 0 Å². The standard InChI is InChI=1S/C26H30N2O5/c1-16-6-8-18(9-7-16)23(30)17(2)33-25(32)20-14-22(29)28(15-20)27-24(31)19-10-12-21(13-11-19)26(3,4)5/h6-13,17,20H,14-15H2,1-5H3,(H,27,31)/t17-,20+/m0/s1. The molecule has 1 saturated heterocycles. The van der Waals surface area contributed by atoms with Crippen molar-refractivity contribution < 1.29 is 23.9 Å². The second kappa shape index (κ2) is 9.57. The molecule has 3 rings (SSSR count). The third kappa shape index (κ3) is 5.86. The lowest BCUT2D eigenvalue weighted by Gasteiger charge is -2.20. The van der Waals surface area contributed by atoms with E-state index in [1.165, 1.54) is 6.92 Å². The van der Waals surface area contributed by atoms with Crippen LogP contribution in [0.2, 0.25) is 0 Å². The van der Waals surface area contributed by atoms with Crippen LogP contribution in [0.15, 0.2) is 48.5 Å². The number of ketones is 1. The fraction of sp³-hybridized carbons (Fsp3) is 0.385. The van der Waals surface area contributed by atoms with Crippen molar-refractivity contribution in [3.8, 4) is 0 Å². The van der Waals surface area contributed by atoms with Gasteiger partial charge in [-0.2, -0.15) is 0 Å². The molecule has 2 amide bonds. The Hall–Kier alpha value is -3.48. The summed E-state index contributed by atoms with van der Waals surface area (Å²) in [6.07, 6.45) is -1.06. The maximum atomic E-state index is 12.6. The van der Waals surface area contributed by atoms with Crippen LogP contribution in [0.4, 0.5) is 0 Å². The second-order valence-electron chi connectivity index (χ2n) is 9.48. The van der Waals surface area contributed by atoms with Crippen molar-refractivity contribution in [2.75, 3.05) is 6.54 Å². The van der Waals surface area contributed by atoms with Gasteiger partial charge in [-0.15, -0.1) is 0 Å². The Balaban J connectivity index is 1.56. The van der Waals surface area contributed by atoms with Crippen LogP contribution in [0, 0.1) is 12.8 Å². The van der Waals surface area contributed by atoms with Crippen molar-refractivity contribution in [3.63, 3.8) is 0 Å². The molecule has 0 spiro atoms. The number of hydrazine groups is 1. The van der Waals surface area contributed by atoms with E-state index in [0.717, 1.165) is 16.1 Å². The molecular formula is C26H30N2O5. The van der Waals surface area contributed by atoms with Gasteiger partial charge in [0, 0.05) is 17.5 Å². The third-order valence-corrected chi connectivity index (χ3v) is 5.71. The van der Waals surface area contributed by atoms with Gasteiger partial charge in [0.15, 0.2) is 6.10 Å². The molecule has 7 heteroatoms. The zero-order valence-electron chi connectivity index (χ0n) is 19.7. The van der Waals surface area contributed by atoms with Gasteiger partial charge in [0.1, 0.15) is 0 Å². The zero-order valence-corrected chi connectivity index (χ0v) is 19.7. The first kappa shape index (κ1) is 24.2. The van der Waals surface area contributed by atoms with Crippen molar-refractivity contribution in [1.29, 1.82) is 0 Å². The second-order valence-corrected chi connectivity index (χ2v) is 9.48. The molecule has 0 bridgehead atoms. The van der Waals surface area contributed by atoms with Crippen LogP contribution in [-0.4, -0.2) is 41.2 Å². The first-order valence-corrected chi connectivity index (χ1v) is 11.0. The Morgan fingerprint density at radius 1 is 1.00 bits per heavy atom. The minimum Gasteiger partial charge on any atom is -0.454 e. The molecule has 7 nitrogen and oxygen atoms in total. The number of hydrogen-bond acceptors (Lipinski definition) is 5. The number of Topliss-reactive ketones (excluding diaryl/α,β-unsaturated/α-hetero) is 1. The lowest BCUT2D eigenvalue weighted by molar-refractivity contribution is -0.151. The van der Waals surface area contributed by atoms with E-state index in [9.17, 15) is 19.2 Å². The van der Waals surface area contributed by atoms with E-state index in [0.29, 0.717) is 11.1 Å².